The van der Waals surface area contributed by atoms with Gasteiger partial charge in [0.25, 0.3) is 5.92 Å². The van der Waals surface area contributed by atoms with Crippen LogP contribution in [0.5, 0.6) is 0 Å². The highest BCUT2D eigenvalue weighted by molar-refractivity contribution is 8.14. The van der Waals surface area contributed by atoms with Gasteiger partial charge in [-0.05, 0) is 12.8 Å². The summed E-state index contributed by atoms with van der Waals surface area (Å²) in [5.41, 5.74) is 0. The summed E-state index contributed by atoms with van der Waals surface area (Å²) in [6.45, 7) is 0. The molecular formula is C6H9ClF2O2S. The average molecular weight is 219 g/mol. The lowest BCUT2D eigenvalue weighted by atomic mass is 9.96. The molecular weight excluding hydrogens is 210 g/mol. The molecule has 0 bridgehead atoms. The molecule has 0 amide bonds. The summed E-state index contributed by atoms with van der Waals surface area (Å²) >= 11 is 0. The van der Waals surface area contributed by atoms with Crippen LogP contribution >= 0.6 is 10.7 Å². The number of hydrogen-bond donors (Lipinski definition) is 0. The quantitative estimate of drug-likeness (QED) is 0.632. The van der Waals surface area contributed by atoms with Crippen LogP contribution in [0.15, 0.2) is 0 Å². The van der Waals surface area contributed by atoms with E-state index < -0.39 is 20.2 Å². The minimum absolute atomic E-state index is 0.0289. The fourth-order valence-corrected chi connectivity index (χ4v) is 3.05. The Morgan fingerprint density at radius 1 is 1.33 bits per heavy atom. The molecule has 6 heteroatoms. The zero-order valence-corrected chi connectivity index (χ0v) is 7.84. The van der Waals surface area contributed by atoms with E-state index in [0.717, 1.165) is 0 Å². The van der Waals surface area contributed by atoms with Crippen molar-refractivity contribution in [2.45, 2.75) is 36.9 Å². The second-order valence-electron chi connectivity index (χ2n) is 2.97. The molecule has 2 nitrogen and oxygen atoms in total. The van der Waals surface area contributed by atoms with Gasteiger partial charge < -0.3 is 0 Å². The maximum absolute atomic E-state index is 12.9. The van der Waals surface area contributed by atoms with E-state index >= 15 is 0 Å². The molecule has 1 aliphatic rings. The van der Waals surface area contributed by atoms with Crippen molar-refractivity contribution in [3.63, 3.8) is 0 Å². The van der Waals surface area contributed by atoms with Gasteiger partial charge in [0.1, 0.15) is 5.25 Å². The largest absolute Gasteiger partial charge is 0.265 e. The second kappa shape index (κ2) is 3.10. The third-order valence-electron chi connectivity index (χ3n) is 2.04. The van der Waals surface area contributed by atoms with Gasteiger partial charge in [-0.1, -0.05) is 6.42 Å². The summed E-state index contributed by atoms with van der Waals surface area (Å²) in [4.78, 5) is 0. The Hall–Kier alpha value is 0.1000. The van der Waals surface area contributed by atoms with E-state index in [1.54, 1.807) is 0 Å². The molecule has 0 aliphatic heterocycles. The van der Waals surface area contributed by atoms with Crippen LogP contribution in [0.2, 0.25) is 0 Å². The molecule has 0 heterocycles. The van der Waals surface area contributed by atoms with E-state index in [9.17, 15) is 17.2 Å². The predicted octanol–water partition coefficient (Wildman–Crippen LogP) is 2.13. The van der Waals surface area contributed by atoms with E-state index in [1.807, 2.05) is 0 Å². The van der Waals surface area contributed by atoms with Crippen molar-refractivity contribution in [3.05, 3.63) is 0 Å². The van der Waals surface area contributed by atoms with Crippen LogP contribution in [0, 0.1) is 0 Å². The van der Waals surface area contributed by atoms with E-state index in [-0.39, 0.29) is 12.8 Å². The summed E-state index contributed by atoms with van der Waals surface area (Å²) in [5, 5.41) is -1.68. The second-order valence-corrected chi connectivity index (χ2v) is 5.78. The minimum Gasteiger partial charge on any atom is -0.212 e. The summed E-state index contributed by atoms with van der Waals surface area (Å²) < 4.78 is 47.2. The lowest BCUT2D eigenvalue weighted by Crippen LogP contribution is -2.40. The van der Waals surface area contributed by atoms with Gasteiger partial charge >= 0.3 is 0 Å². The molecule has 0 N–H and O–H groups in total. The molecule has 0 spiro atoms. The van der Waals surface area contributed by atoms with Crippen LogP contribution in [0.3, 0.4) is 0 Å². The first-order chi connectivity index (χ1) is 5.34. The molecule has 1 saturated carbocycles. The van der Waals surface area contributed by atoms with Crippen LogP contribution in [0.25, 0.3) is 0 Å². The van der Waals surface area contributed by atoms with Gasteiger partial charge in [0.15, 0.2) is 0 Å². The van der Waals surface area contributed by atoms with Crippen LogP contribution in [-0.4, -0.2) is 19.6 Å². The van der Waals surface area contributed by atoms with Crippen molar-refractivity contribution >= 4 is 19.7 Å². The van der Waals surface area contributed by atoms with Crippen molar-refractivity contribution in [2.24, 2.45) is 0 Å². The molecule has 0 saturated heterocycles. The number of alkyl halides is 2. The molecule has 12 heavy (non-hydrogen) atoms. The van der Waals surface area contributed by atoms with E-state index in [4.69, 9.17) is 10.7 Å². The van der Waals surface area contributed by atoms with Crippen LogP contribution in [0.1, 0.15) is 25.7 Å². The first kappa shape index (κ1) is 10.2. The standard InChI is InChI=1S/C6H9ClF2O2S/c7-12(10,11)5-3-1-2-4-6(5,8)9/h5H,1-4H2/t5-/m1/s1. The molecule has 0 aromatic rings. The Morgan fingerprint density at radius 3 is 2.25 bits per heavy atom. The SMILES string of the molecule is O=S(=O)(Cl)[C@@H]1CCCCC1(F)F. The maximum Gasteiger partial charge on any atom is 0.265 e. The van der Waals surface area contributed by atoms with E-state index in [1.165, 1.54) is 0 Å². The predicted molar refractivity (Wildman–Crippen MR) is 42.0 cm³/mol. The smallest absolute Gasteiger partial charge is 0.212 e. The summed E-state index contributed by atoms with van der Waals surface area (Å²) in [5.74, 6) is -3.14. The van der Waals surface area contributed by atoms with Crippen molar-refractivity contribution in [1.82, 2.24) is 0 Å². The Labute approximate surface area is 74.3 Å². The molecule has 72 valence electrons. The van der Waals surface area contributed by atoms with Crippen LogP contribution < -0.4 is 0 Å². The molecule has 0 unspecified atom stereocenters. The summed E-state index contributed by atoms with van der Waals surface area (Å²) in [6.07, 6.45) is 0.477. The first-order valence-electron chi connectivity index (χ1n) is 3.65. The molecule has 1 aliphatic carbocycles. The Morgan fingerprint density at radius 2 is 1.92 bits per heavy atom. The first-order valence-corrected chi connectivity index (χ1v) is 6.02. The van der Waals surface area contributed by atoms with Gasteiger partial charge in [0, 0.05) is 17.1 Å². The van der Waals surface area contributed by atoms with Crippen molar-refractivity contribution in [1.29, 1.82) is 0 Å². The molecule has 1 atom stereocenters. The Balaban J connectivity index is 2.88. The normalized spacial score (nSPS) is 30.1. The molecule has 1 fully saturated rings. The molecule has 0 radical (unpaired) electrons. The maximum atomic E-state index is 12.9. The highest BCUT2D eigenvalue weighted by atomic mass is 35.7. The average Bonchev–Trinajstić information content (AvgIpc) is 1.83. The Bertz CT molecular complexity index is 263. The van der Waals surface area contributed by atoms with Gasteiger partial charge in [-0.3, -0.25) is 0 Å². The fourth-order valence-electron chi connectivity index (χ4n) is 1.41. The van der Waals surface area contributed by atoms with Crippen LogP contribution in [0.4, 0.5) is 8.78 Å². The molecule has 0 aromatic carbocycles. The van der Waals surface area contributed by atoms with E-state index in [2.05, 4.69) is 0 Å². The number of rotatable bonds is 1. The van der Waals surface area contributed by atoms with Gasteiger partial charge in [0.05, 0.1) is 0 Å². The third-order valence-corrected chi connectivity index (χ3v) is 3.94. The van der Waals surface area contributed by atoms with Gasteiger partial charge in [-0.25, -0.2) is 17.2 Å². The number of hydrogen-bond acceptors (Lipinski definition) is 2. The summed E-state index contributed by atoms with van der Waals surface area (Å²) in [6, 6.07) is 0. The summed E-state index contributed by atoms with van der Waals surface area (Å²) in [7, 11) is 0.777. The minimum atomic E-state index is -4.11. The van der Waals surface area contributed by atoms with Crippen molar-refractivity contribution in [2.75, 3.05) is 0 Å². The lowest BCUT2D eigenvalue weighted by Gasteiger charge is -2.28. The number of halogens is 3. The van der Waals surface area contributed by atoms with Gasteiger partial charge in [0.2, 0.25) is 9.05 Å². The van der Waals surface area contributed by atoms with Crippen molar-refractivity contribution < 1.29 is 17.2 Å². The fraction of sp³-hybridized carbons (Fsp3) is 1.00. The molecule has 1 rings (SSSR count). The van der Waals surface area contributed by atoms with Gasteiger partial charge in [-0.15, -0.1) is 0 Å². The van der Waals surface area contributed by atoms with E-state index in [0.29, 0.717) is 12.8 Å². The molecule has 0 aromatic heterocycles. The van der Waals surface area contributed by atoms with Crippen LogP contribution in [-0.2, 0) is 9.05 Å². The zero-order valence-electron chi connectivity index (χ0n) is 6.26. The lowest BCUT2D eigenvalue weighted by molar-refractivity contribution is -0.0289. The monoisotopic (exact) mass is 218 g/mol. The highest BCUT2D eigenvalue weighted by Gasteiger charge is 2.48. The third kappa shape index (κ3) is 2.07. The van der Waals surface area contributed by atoms with Gasteiger partial charge in [-0.2, -0.15) is 0 Å². The zero-order chi connectivity index (χ0) is 9.41. The van der Waals surface area contributed by atoms with Crippen molar-refractivity contribution in [3.8, 4) is 0 Å². The Kier molecular flexibility index (Phi) is 2.63. The topological polar surface area (TPSA) is 34.1 Å². The highest BCUT2D eigenvalue weighted by Crippen LogP contribution is 2.38.